The normalized spacial score (nSPS) is 18.8. The van der Waals surface area contributed by atoms with Gasteiger partial charge >= 0.3 is 6.61 Å². The van der Waals surface area contributed by atoms with Crippen molar-refractivity contribution < 1.29 is 23.0 Å². The lowest BCUT2D eigenvalue weighted by molar-refractivity contribution is -0.116. The lowest BCUT2D eigenvalue weighted by atomic mass is 9.85. The van der Waals surface area contributed by atoms with Crippen molar-refractivity contribution in [2.75, 3.05) is 11.9 Å². The Bertz CT molecular complexity index is 910. The van der Waals surface area contributed by atoms with Crippen LogP contribution in [0.1, 0.15) is 37.8 Å². The summed E-state index contributed by atoms with van der Waals surface area (Å²) in [6.45, 7) is -0.911. The molecule has 1 N–H and O–H groups in total. The number of nitrogens with one attached hydrogen (secondary N) is 1. The van der Waals surface area contributed by atoms with Crippen LogP contribution in [0.2, 0.25) is 0 Å². The molecule has 4 rings (SSSR count). The number of halogens is 2. The molecule has 0 radical (unpaired) electrons. The number of ether oxygens (including phenoxy) is 2. The first-order chi connectivity index (χ1) is 13.1. The van der Waals surface area contributed by atoms with Crippen LogP contribution < -0.4 is 14.8 Å². The number of anilines is 1. The fourth-order valence-electron chi connectivity index (χ4n) is 3.56. The molecule has 0 spiro atoms. The largest absolute Gasteiger partial charge is 0.490 e. The van der Waals surface area contributed by atoms with Gasteiger partial charge in [0, 0.05) is 17.7 Å². The number of alkyl halides is 2. The first-order valence-corrected chi connectivity index (χ1v) is 8.72. The lowest BCUT2D eigenvalue weighted by Crippen LogP contribution is -2.31. The van der Waals surface area contributed by atoms with Crippen molar-refractivity contribution >= 4 is 11.7 Å². The van der Waals surface area contributed by atoms with Gasteiger partial charge in [-0.25, -0.2) is 4.68 Å². The van der Waals surface area contributed by atoms with Gasteiger partial charge in [0.15, 0.2) is 17.3 Å². The first-order valence-electron chi connectivity index (χ1n) is 8.72. The maximum atomic E-state index is 12.7. The van der Waals surface area contributed by atoms with Gasteiger partial charge in [0.05, 0.1) is 6.61 Å². The fourth-order valence-corrected chi connectivity index (χ4v) is 3.56. The number of hydrogen-bond acceptors (Lipinski definition) is 6. The third kappa shape index (κ3) is 3.13. The summed E-state index contributed by atoms with van der Waals surface area (Å²) < 4.78 is 37.0. The number of hydrogen-bond donors (Lipinski definition) is 1. The molecule has 9 heteroatoms. The van der Waals surface area contributed by atoms with E-state index in [1.807, 2.05) is 0 Å². The highest BCUT2D eigenvalue weighted by Crippen LogP contribution is 2.41. The number of carbonyl (C=O) groups excluding carboxylic acids is 1. The second-order valence-electron chi connectivity index (χ2n) is 6.24. The Kier molecular flexibility index (Phi) is 4.51. The Hall–Kier alpha value is -2.97. The van der Waals surface area contributed by atoms with E-state index in [1.54, 1.807) is 23.7 Å². The third-order valence-electron chi connectivity index (χ3n) is 4.61. The van der Waals surface area contributed by atoms with Crippen LogP contribution in [-0.4, -0.2) is 33.8 Å². The Morgan fingerprint density at radius 3 is 2.96 bits per heavy atom. The zero-order valence-electron chi connectivity index (χ0n) is 14.6. The van der Waals surface area contributed by atoms with Crippen LogP contribution in [0, 0.1) is 0 Å². The highest BCUT2D eigenvalue weighted by Gasteiger charge is 2.36. The molecule has 1 aliphatic carbocycles. The number of aromatic nitrogens is 3. The number of rotatable bonds is 5. The van der Waals surface area contributed by atoms with E-state index < -0.39 is 12.7 Å². The van der Waals surface area contributed by atoms with Crippen LogP contribution in [0.25, 0.3) is 0 Å². The zero-order valence-corrected chi connectivity index (χ0v) is 14.6. The quantitative estimate of drug-likeness (QED) is 0.863. The van der Waals surface area contributed by atoms with Gasteiger partial charge < -0.3 is 14.8 Å². The number of benzene rings is 1. The van der Waals surface area contributed by atoms with Gasteiger partial charge in [-0.15, -0.1) is 0 Å². The third-order valence-corrected chi connectivity index (χ3v) is 4.61. The monoisotopic (exact) mass is 376 g/mol. The molecule has 2 aliphatic rings. The number of fused-ring (bicyclic) bond motifs is 1. The molecule has 27 heavy (non-hydrogen) atoms. The first kappa shape index (κ1) is 17.4. The molecule has 0 saturated carbocycles. The van der Waals surface area contributed by atoms with E-state index in [9.17, 15) is 13.6 Å². The summed E-state index contributed by atoms with van der Waals surface area (Å²) in [5.41, 5.74) is 2.16. The number of nitrogens with zero attached hydrogens (tertiary/aromatic N) is 3. The van der Waals surface area contributed by atoms with Gasteiger partial charge in [-0.2, -0.15) is 18.9 Å². The molecule has 1 atom stereocenters. The Balaban J connectivity index is 1.82. The van der Waals surface area contributed by atoms with E-state index in [-0.39, 0.29) is 23.9 Å². The molecular weight excluding hydrogens is 358 g/mol. The highest BCUT2D eigenvalue weighted by molar-refractivity contribution is 5.99. The maximum absolute atomic E-state index is 12.7. The average Bonchev–Trinajstić information content (AvgIpc) is 3.09. The number of carbonyl (C=O) groups is 1. The minimum absolute atomic E-state index is 0.0424. The minimum Gasteiger partial charge on any atom is -0.490 e. The summed E-state index contributed by atoms with van der Waals surface area (Å²) in [6, 6.07) is 4.20. The van der Waals surface area contributed by atoms with Crippen molar-refractivity contribution in [1.29, 1.82) is 0 Å². The van der Waals surface area contributed by atoms with Gasteiger partial charge in [-0.05, 0) is 37.5 Å². The van der Waals surface area contributed by atoms with E-state index >= 15 is 0 Å². The predicted octanol–water partition coefficient (Wildman–Crippen LogP) is 3.30. The van der Waals surface area contributed by atoms with Crippen LogP contribution >= 0.6 is 0 Å². The molecular formula is C18H18F2N4O3. The van der Waals surface area contributed by atoms with E-state index in [1.165, 1.54) is 12.4 Å². The second-order valence-corrected chi connectivity index (χ2v) is 6.24. The van der Waals surface area contributed by atoms with Gasteiger partial charge in [-0.3, -0.25) is 4.79 Å². The molecule has 0 saturated heterocycles. The van der Waals surface area contributed by atoms with Crippen LogP contribution in [0.3, 0.4) is 0 Å². The SMILES string of the molecule is CCOc1cc([C@H]2C3=C(CCCC3=O)Nc3ncnn32)ccc1OC(F)F. The van der Waals surface area contributed by atoms with Crippen molar-refractivity contribution in [1.82, 2.24) is 14.8 Å². The molecule has 0 fully saturated rings. The van der Waals surface area contributed by atoms with Crippen LogP contribution in [0.5, 0.6) is 11.5 Å². The van der Waals surface area contributed by atoms with E-state index in [4.69, 9.17) is 4.74 Å². The molecule has 1 aliphatic heterocycles. The summed E-state index contributed by atoms with van der Waals surface area (Å²) in [6.07, 6.45) is 3.40. The smallest absolute Gasteiger partial charge is 0.387 e. The van der Waals surface area contributed by atoms with Crippen molar-refractivity contribution in [3.8, 4) is 11.5 Å². The van der Waals surface area contributed by atoms with Crippen molar-refractivity contribution in [2.45, 2.75) is 38.8 Å². The Labute approximate surface area is 154 Å². The summed E-state index contributed by atoms with van der Waals surface area (Å²) in [4.78, 5) is 16.9. The minimum atomic E-state index is -2.95. The summed E-state index contributed by atoms with van der Waals surface area (Å²) in [5.74, 6) is 0.730. The van der Waals surface area contributed by atoms with E-state index in [0.29, 0.717) is 23.5 Å². The van der Waals surface area contributed by atoms with Gasteiger partial charge in [0.1, 0.15) is 12.4 Å². The van der Waals surface area contributed by atoms with Crippen molar-refractivity contribution in [2.24, 2.45) is 0 Å². The summed E-state index contributed by atoms with van der Waals surface area (Å²) in [7, 11) is 0. The molecule has 0 amide bonds. The number of ketones is 1. The standard InChI is InChI=1S/C18H18F2N4O3/c1-2-26-14-8-10(6-7-13(14)27-17(19)20)16-15-11(4-3-5-12(15)25)23-18-21-9-22-24(16)18/h6-9,16-17H,2-5H2,1H3,(H,21,22,23)/t16-/m0/s1. The number of Topliss-reactive ketones (excluding diaryl/α,β-unsaturated/α-hetero) is 1. The average molecular weight is 376 g/mol. The van der Waals surface area contributed by atoms with Crippen molar-refractivity contribution in [3.05, 3.63) is 41.4 Å². The zero-order chi connectivity index (χ0) is 19.0. The summed E-state index contributed by atoms with van der Waals surface area (Å²) in [5, 5.41) is 7.43. The Morgan fingerprint density at radius 1 is 1.33 bits per heavy atom. The highest BCUT2D eigenvalue weighted by atomic mass is 19.3. The fraction of sp³-hybridized carbons (Fsp3) is 0.389. The molecule has 0 unspecified atom stereocenters. The molecule has 2 aromatic rings. The molecule has 1 aromatic heterocycles. The Morgan fingerprint density at radius 2 is 2.19 bits per heavy atom. The topological polar surface area (TPSA) is 78.3 Å². The summed E-state index contributed by atoms with van der Waals surface area (Å²) >= 11 is 0. The van der Waals surface area contributed by atoms with Crippen LogP contribution in [0.15, 0.2) is 35.8 Å². The lowest BCUT2D eigenvalue weighted by Gasteiger charge is -2.32. The van der Waals surface area contributed by atoms with Crippen LogP contribution in [-0.2, 0) is 4.79 Å². The number of allylic oxidation sites excluding steroid dienone is 2. The molecule has 0 bridgehead atoms. The molecule has 1 aromatic carbocycles. The van der Waals surface area contributed by atoms with Gasteiger partial charge in [-0.1, -0.05) is 6.07 Å². The second kappa shape index (κ2) is 6.98. The molecule has 142 valence electrons. The molecule has 7 nitrogen and oxygen atoms in total. The van der Waals surface area contributed by atoms with Gasteiger partial charge in [0.2, 0.25) is 5.95 Å². The van der Waals surface area contributed by atoms with Crippen molar-refractivity contribution in [3.63, 3.8) is 0 Å². The predicted molar refractivity (Wildman–Crippen MR) is 91.9 cm³/mol. The van der Waals surface area contributed by atoms with Crippen LogP contribution in [0.4, 0.5) is 14.7 Å². The van der Waals surface area contributed by atoms with Gasteiger partial charge in [0.25, 0.3) is 0 Å². The van der Waals surface area contributed by atoms with E-state index in [2.05, 4.69) is 20.1 Å². The maximum Gasteiger partial charge on any atom is 0.387 e. The molecule has 2 heterocycles. The van der Waals surface area contributed by atoms with E-state index in [0.717, 1.165) is 18.5 Å².